The minimum Gasteiger partial charge on any atom is -0.493 e. The second-order valence-electron chi connectivity index (χ2n) is 6.19. The van der Waals surface area contributed by atoms with E-state index in [0.717, 1.165) is 0 Å². The molecule has 0 aliphatic carbocycles. The van der Waals surface area contributed by atoms with Gasteiger partial charge in [0.05, 0.1) is 18.9 Å². The molecule has 2 amide bonds. The highest BCUT2D eigenvalue weighted by Crippen LogP contribution is 2.28. The van der Waals surface area contributed by atoms with Crippen LogP contribution in [0, 0.1) is 0 Å². The normalized spacial score (nSPS) is 10.4. The van der Waals surface area contributed by atoms with Crippen LogP contribution in [0.15, 0.2) is 84.0 Å². The Morgan fingerprint density at radius 1 is 0.839 bits per heavy atom. The van der Waals surface area contributed by atoms with E-state index in [1.165, 1.54) is 13.3 Å². The summed E-state index contributed by atoms with van der Waals surface area (Å²) >= 11 is 0. The highest BCUT2D eigenvalue weighted by molar-refractivity contribution is 6.39. The van der Waals surface area contributed by atoms with Crippen LogP contribution in [0.3, 0.4) is 0 Å². The maximum atomic E-state index is 12.2. The highest BCUT2D eigenvalue weighted by Gasteiger charge is 2.14. The number of amides is 2. The number of rotatable bonds is 6. The molecule has 0 heterocycles. The summed E-state index contributed by atoms with van der Waals surface area (Å²) in [6.07, 6.45) is 1.33. The Labute approximate surface area is 178 Å². The van der Waals surface area contributed by atoms with Crippen molar-refractivity contribution in [3.8, 4) is 11.5 Å². The van der Waals surface area contributed by atoms with Crippen LogP contribution in [-0.4, -0.2) is 31.1 Å². The molecule has 0 radical (unpaired) electrons. The Bertz CT molecular complexity index is 1100. The van der Waals surface area contributed by atoms with Crippen LogP contribution >= 0.6 is 0 Å². The smallest absolute Gasteiger partial charge is 0.343 e. The van der Waals surface area contributed by atoms with Crippen molar-refractivity contribution in [1.82, 2.24) is 5.43 Å². The maximum Gasteiger partial charge on any atom is 0.343 e. The first kappa shape index (κ1) is 21.3. The number of ether oxygens (including phenoxy) is 2. The number of methoxy groups -OCH3 is 1. The van der Waals surface area contributed by atoms with Gasteiger partial charge in [-0.15, -0.1) is 0 Å². The zero-order valence-corrected chi connectivity index (χ0v) is 16.6. The van der Waals surface area contributed by atoms with Crippen molar-refractivity contribution in [3.63, 3.8) is 0 Å². The maximum absolute atomic E-state index is 12.2. The molecule has 156 valence electrons. The van der Waals surface area contributed by atoms with Gasteiger partial charge in [0, 0.05) is 5.69 Å². The molecule has 0 saturated carbocycles. The lowest BCUT2D eigenvalue weighted by Crippen LogP contribution is -2.32. The summed E-state index contributed by atoms with van der Waals surface area (Å²) in [4.78, 5) is 35.9. The van der Waals surface area contributed by atoms with Gasteiger partial charge in [0.2, 0.25) is 0 Å². The highest BCUT2D eigenvalue weighted by atomic mass is 16.6. The largest absolute Gasteiger partial charge is 0.493 e. The van der Waals surface area contributed by atoms with Crippen LogP contribution in [0.25, 0.3) is 0 Å². The molecule has 8 heteroatoms. The number of anilines is 1. The lowest BCUT2D eigenvalue weighted by atomic mass is 10.2. The van der Waals surface area contributed by atoms with E-state index < -0.39 is 17.8 Å². The van der Waals surface area contributed by atoms with Crippen molar-refractivity contribution in [1.29, 1.82) is 0 Å². The fraction of sp³-hybridized carbons (Fsp3) is 0.0435. The molecule has 0 bridgehead atoms. The number of carbonyl (C=O) groups is 3. The van der Waals surface area contributed by atoms with Crippen LogP contribution in [0.1, 0.15) is 15.9 Å². The van der Waals surface area contributed by atoms with Crippen molar-refractivity contribution in [2.24, 2.45) is 5.10 Å². The van der Waals surface area contributed by atoms with E-state index in [2.05, 4.69) is 15.8 Å². The zero-order chi connectivity index (χ0) is 22.1. The summed E-state index contributed by atoms with van der Waals surface area (Å²) in [5, 5.41) is 6.22. The van der Waals surface area contributed by atoms with E-state index in [9.17, 15) is 14.4 Å². The number of carbonyl (C=O) groups excluding carboxylic acids is 3. The number of hydrogen-bond acceptors (Lipinski definition) is 6. The van der Waals surface area contributed by atoms with E-state index in [-0.39, 0.29) is 5.75 Å². The molecule has 0 aromatic heterocycles. The van der Waals surface area contributed by atoms with Gasteiger partial charge in [-0.2, -0.15) is 5.10 Å². The summed E-state index contributed by atoms with van der Waals surface area (Å²) in [7, 11) is 1.44. The lowest BCUT2D eigenvalue weighted by Gasteiger charge is -2.10. The predicted molar refractivity (Wildman–Crippen MR) is 115 cm³/mol. The molecule has 3 aromatic rings. The molecule has 0 spiro atoms. The third kappa shape index (κ3) is 6.01. The molecule has 0 aliphatic rings. The quantitative estimate of drug-likeness (QED) is 0.211. The van der Waals surface area contributed by atoms with Crippen molar-refractivity contribution < 1.29 is 23.9 Å². The summed E-state index contributed by atoms with van der Waals surface area (Å²) in [5.41, 5.74) is 3.61. The predicted octanol–water partition coefficient (Wildman–Crippen LogP) is 3.00. The molecule has 0 saturated heterocycles. The van der Waals surface area contributed by atoms with Crippen molar-refractivity contribution in [2.45, 2.75) is 0 Å². The van der Waals surface area contributed by atoms with Crippen molar-refractivity contribution in [3.05, 3.63) is 90.0 Å². The molecule has 2 N–H and O–H groups in total. The number of hydrazone groups is 1. The summed E-state index contributed by atoms with van der Waals surface area (Å²) in [5.74, 6) is -1.73. The zero-order valence-electron chi connectivity index (χ0n) is 16.6. The number of esters is 1. The molecule has 0 atom stereocenters. The molecule has 3 rings (SSSR count). The first-order chi connectivity index (χ1) is 15.1. The Hall–Kier alpha value is -4.46. The third-order valence-electron chi connectivity index (χ3n) is 4.02. The van der Waals surface area contributed by atoms with E-state index in [1.807, 2.05) is 0 Å². The molecule has 0 unspecified atom stereocenters. The molecular weight excluding hydrogens is 398 g/mol. The second kappa shape index (κ2) is 10.4. The van der Waals surface area contributed by atoms with Gasteiger partial charge in [-0.1, -0.05) is 36.4 Å². The average Bonchev–Trinajstić information content (AvgIpc) is 2.81. The van der Waals surface area contributed by atoms with Crippen molar-refractivity contribution in [2.75, 3.05) is 12.4 Å². The van der Waals surface area contributed by atoms with Gasteiger partial charge in [0.25, 0.3) is 0 Å². The third-order valence-corrected chi connectivity index (χ3v) is 4.02. The first-order valence-electron chi connectivity index (χ1n) is 9.21. The monoisotopic (exact) mass is 417 g/mol. The summed E-state index contributed by atoms with van der Waals surface area (Å²) < 4.78 is 10.6. The van der Waals surface area contributed by atoms with E-state index in [4.69, 9.17) is 9.47 Å². The molecule has 3 aromatic carbocycles. The molecule has 31 heavy (non-hydrogen) atoms. The lowest BCUT2D eigenvalue weighted by molar-refractivity contribution is -0.136. The molecule has 0 aliphatic heterocycles. The van der Waals surface area contributed by atoms with Gasteiger partial charge in [-0.3, -0.25) is 9.59 Å². The van der Waals surface area contributed by atoms with Gasteiger partial charge in [-0.25, -0.2) is 10.2 Å². The number of hydrogen-bond donors (Lipinski definition) is 2. The Kier molecular flexibility index (Phi) is 7.10. The molecular formula is C23H19N3O5. The van der Waals surface area contributed by atoms with Gasteiger partial charge < -0.3 is 14.8 Å². The van der Waals surface area contributed by atoms with Crippen LogP contribution in [0.4, 0.5) is 5.69 Å². The number of benzene rings is 3. The summed E-state index contributed by atoms with van der Waals surface area (Å²) in [6.45, 7) is 0. The van der Waals surface area contributed by atoms with Crippen LogP contribution < -0.4 is 20.2 Å². The van der Waals surface area contributed by atoms with Crippen molar-refractivity contribution >= 4 is 29.7 Å². The topological polar surface area (TPSA) is 106 Å². The van der Waals surface area contributed by atoms with Gasteiger partial charge in [0.1, 0.15) is 0 Å². The fourth-order valence-corrected chi connectivity index (χ4v) is 2.51. The van der Waals surface area contributed by atoms with E-state index in [0.29, 0.717) is 22.6 Å². The summed E-state index contributed by atoms with van der Waals surface area (Å²) in [6, 6.07) is 21.9. The minimum atomic E-state index is -0.916. The van der Waals surface area contributed by atoms with Crippen LogP contribution in [0.5, 0.6) is 11.5 Å². The SMILES string of the molecule is COc1cc(/C=N/NC(=O)C(=O)Nc2ccccc2)ccc1OC(=O)c1ccccc1. The average molecular weight is 417 g/mol. The number of para-hydroxylation sites is 1. The minimum absolute atomic E-state index is 0.236. The van der Waals surface area contributed by atoms with Crippen LogP contribution in [-0.2, 0) is 9.59 Å². The van der Waals surface area contributed by atoms with E-state index in [1.54, 1.807) is 78.9 Å². The molecule has 0 fully saturated rings. The standard InChI is InChI=1S/C23H19N3O5/c1-30-20-14-16(12-13-19(20)31-23(29)17-8-4-2-5-9-17)15-24-26-22(28)21(27)25-18-10-6-3-7-11-18/h2-15H,1H3,(H,25,27)(H,26,28)/b24-15+. The van der Waals surface area contributed by atoms with Gasteiger partial charge in [0.15, 0.2) is 11.5 Å². The number of nitrogens with one attached hydrogen (secondary N) is 2. The van der Waals surface area contributed by atoms with E-state index >= 15 is 0 Å². The Balaban J connectivity index is 1.60. The van der Waals surface area contributed by atoms with Gasteiger partial charge >= 0.3 is 17.8 Å². The fourth-order valence-electron chi connectivity index (χ4n) is 2.51. The first-order valence-corrected chi connectivity index (χ1v) is 9.21. The Morgan fingerprint density at radius 2 is 1.52 bits per heavy atom. The second-order valence-corrected chi connectivity index (χ2v) is 6.19. The van der Waals surface area contributed by atoms with Gasteiger partial charge in [-0.05, 0) is 48.0 Å². The Morgan fingerprint density at radius 3 is 2.19 bits per heavy atom. The molecule has 8 nitrogen and oxygen atoms in total. The number of nitrogens with zero attached hydrogens (tertiary/aromatic N) is 1. The van der Waals surface area contributed by atoms with Crippen LogP contribution in [0.2, 0.25) is 0 Å².